The SMILES string of the molecule is NC(=O)c1ccc(F)c2c1C[C@@H](NC1CC(Cc3c[nH]c4ccc(F)cc34)C1)CO2. The molecule has 156 valence electrons. The molecule has 0 saturated heterocycles. The maximum absolute atomic E-state index is 14.0. The highest BCUT2D eigenvalue weighted by Gasteiger charge is 2.34. The Labute approximate surface area is 172 Å². The summed E-state index contributed by atoms with van der Waals surface area (Å²) in [6.07, 6.45) is 5.40. The summed E-state index contributed by atoms with van der Waals surface area (Å²) < 4.78 is 33.2. The highest BCUT2D eigenvalue weighted by molar-refractivity contribution is 5.95. The van der Waals surface area contributed by atoms with Gasteiger partial charge in [0.15, 0.2) is 11.6 Å². The van der Waals surface area contributed by atoms with E-state index in [0.717, 1.165) is 35.7 Å². The van der Waals surface area contributed by atoms with Crippen molar-refractivity contribution in [2.75, 3.05) is 6.61 Å². The van der Waals surface area contributed by atoms with Gasteiger partial charge in [-0.25, -0.2) is 8.78 Å². The number of carbonyl (C=O) groups excluding carboxylic acids is 1. The molecular formula is C23H23F2N3O2. The summed E-state index contributed by atoms with van der Waals surface area (Å²) in [5, 5.41) is 4.52. The van der Waals surface area contributed by atoms with Crippen LogP contribution in [0.25, 0.3) is 10.9 Å². The molecule has 30 heavy (non-hydrogen) atoms. The second kappa shape index (κ2) is 7.40. The second-order valence-corrected chi connectivity index (χ2v) is 8.39. The minimum absolute atomic E-state index is 0.00512. The molecule has 1 saturated carbocycles. The lowest BCUT2D eigenvalue weighted by Crippen LogP contribution is -2.51. The van der Waals surface area contributed by atoms with Crippen molar-refractivity contribution in [2.45, 2.75) is 37.8 Å². The number of hydrogen-bond acceptors (Lipinski definition) is 3. The molecule has 2 aliphatic rings. The van der Waals surface area contributed by atoms with Gasteiger partial charge >= 0.3 is 0 Å². The van der Waals surface area contributed by atoms with Crippen molar-refractivity contribution in [2.24, 2.45) is 11.7 Å². The standard InChI is InChI=1S/C23H23F2N3O2/c24-14-1-4-21-18(8-14)13(10-27-21)5-12-6-15(7-12)28-16-9-19-17(23(26)29)2-3-20(25)22(19)30-11-16/h1-4,8,10,12,15-16,27-28H,5-7,9,11H2,(H2,26,29)/t12?,15?,16-/m1/s1. The van der Waals surface area contributed by atoms with Crippen molar-refractivity contribution in [3.63, 3.8) is 0 Å². The first-order chi connectivity index (χ1) is 14.5. The van der Waals surface area contributed by atoms with Crippen LogP contribution in [0, 0.1) is 17.6 Å². The third kappa shape index (κ3) is 3.43. The van der Waals surface area contributed by atoms with Crippen LogP contribution in [0.3, 0.4) is 0 Å². The number of aromatic nitrogens is 1. The van der Waals surface area contributed by atoms with Gasteiger partial charge in [0.1, 0.15) is 12.4 Å². The monoisotopic (exact) mass is 411 g/mol. The fraction of sp³-hybridized carbons (Fsp3) is 0.348. The quantitative estimate of drug-likeness (QED) is 0.602. The van der Waals surface area contributed by atoms with Crippen molar-refractivity contribution in [3.05, 3.63) is 64.9 Å². The molecule has 1 aromatic heterocycles. The second-order valence-electron chi connectivity index (χ2n) is 8.39. The summed E-state index contributed by atoms with van der Waals surface area (Å²) in [6.45, 7) is 0.356. The summed E-state index contributed by atoms with van der Waals surface area (Å²) in [5.74, 6) is -0.592. The first kappa shape index (κ1) is 19.1. The van der Waals surface area contributed by atoms with Crippen LogP contribution in [-0.2, 0) is 12.8 Å². The molecule has 2 heterocycles. The van der Waals surface area contributed by atoms with Crippen LogP contribution in [0.15, 0.2) is 36.5 Å². The Hall–Kier alpha value is -2.93. The highest BCUT2D eigenvalue weighted by Crippen LogP contribution is 2.35. The lowest BCUT2D eigenvalue weighted by molar-refractivity contribution is 0.0996. The van der Waals surface area contributed by atoms with Gasteiger partial charge in [0.05, 0.1) is 0 Å². The third-order valence-corrected chi connectivity index (χ3v) is 6.30. The van der Waals surface area contributed by atoms with E-state index in [1.54, 1.807) is 12.1 Å². The zero-order valence-electron chi connectivity index (χ0n) is 16.4. The molecule has 5 rings (SSSR count). The number of amides is 1. The zero-order chi connectivity index (χ0) is 20.8. The predicted octanol–water partition coefficient (Wildman–Crippen LogP) is 3.46. The molecule has 0 unspecified atom stereocenters. The van der Waals surface area contributed by atoms with Gasteiger partial charge in [0.2, 0.25) is 5.91 Å². The van der Waals surface area contributed by atoms with Gasteiger partial charge in [-0.05, 0) is 67.5 Å². The van der Waals surface area contributed by atoms with E-state index in [1.807, 2.05) is 6.20 Å². The smallest absolute Gasteiger partial charge is 0.249 e. The molecule has 1 amide bonds. The number of nitrogens with one attached hydrogen (secondary N) is 2. The van der Waals surface area contributed by atoms with E-state index < -0.39 is 11.7 Å². The number of aromatic amines is 1. The maximum Gasteiger partial charge on any atom is 0.249 e. The van der Waals surface area contributed by atoms with Crippen LogP contribution >= 0.6 is 0 Å². The normalized spacial score (nSPS) is 22.9. The van der Waals surface area contributed by atoms with Crippen LogP contribution in [-0.4, -0.2) is 29.6 Å². The minimum atomic E-state index is -0.575. The first-order valence-electron chi connectivity index (χ1n) is 10.2. The lowest BCUT2D eigenvalue weighted by Gasteiger charge is -2.39. The fourth-order valence-corrected chi connectivity index (χ4v) is 4.79. The largest absolute Gasteiger partial charge is 0.489 e. The van der Waals surface area contributed by atoms with E-state index in [-0.39, 0.29) is 17.6 Å². The molecule has 3 aromatic rings. The average molecular weight is 411 g/mol. The van der Waals surface area contributed by atoms with Crippen molar-refractivity contribution in [1.82, 2.24) is 10.3 Å². The Kier molecular flexibility index (Phi) is 4.70. The molecular weight excluding hydrogens is 388 g/mol. The summed E-state index contributed by atoms with van der Waals surface area (Å²) in [7, 11) is 0. The van der Waals surface area contributed by atoms with Crippen molar-refractivity contribution in [3.8, 4) is 5.75 Å². The third-order valence-electron chi connectivity index (χ3n) is 6.30. The van der Waals surface area contributed by atoms with Crippen LogP contribution in [0.2, 0.25) is 0 Å². The molecule has 4 N–H and O–H groups in total. The number of halogens is 2. The molecule has 2 aromatic carbocycles. The summed E-state index contributed by atoms with van der Waals surface area (Å²) in [6, 6.07) is 7.81. The van der Waals surface area contributed by atoms with E-state index in [2.05, 4.69) is 10.3 Å². The first-order valence-corrected chi connectivity index (χ1v) is 10.2. The van der Waals surface area contributed by atoms with E-state index in [0.29, 0.717) is 36.1 Å². The molecule has 1 aliphatic heterocycles. The highest BCUT2D eigenvalue weighted by atomic mass is 19.1. The molecule has 0 radical (unpaired) electrons. The fourth-order valence-electron chi connectivity index (χ4n) is 4.79. The number of fused-ring (bicyclic) bond motifs is 2. The summed E-state index contributed by atoms with van der Waals surface area (Å²) in [5.41, 5.74) is 8.40. The summed E-state index contributed by atoms with van der Waals surface area (Å²) >= 11 is 0. The minimum Gasteiger partial charge on any atom is -0.489 e. The summed E-state index contributed by atoms with van der Waals surface area (Å²) in [4.78, 5) is 14.9. The molecule has 7 heteroatoms. The van der Waals surface area contributed by atoms with E-state index in [4.69, 9.17) is 10.5 Å². The van der Waals surface area contributed by atoms with Crippen LogP contribution in [0.1, 0.15) is 34.3 Å². The topological polar surface area (TPSA) is 80.1 Å². The number of hydrogen-bond donors (Lipinski definition) is 3. The number of carbonyl (C=O) groups is 1. The molecule has 1 fully saturated rings. The van der Waals surface area contributed by atoms with Gasteiger partial charge < -0.3 is 20.8 Å². The molecule has 5 nitrogen and oxygen atoms in total. The van der Waals surface area contributed by atoms with Crippen LogP contribution in [0.4, 0.5) is 8.78 Å². The lowest BCUT2D eigenvalue weighted by atomic mass is 9.76. The number of H-pyrrole nitrogens is 1. The molecule has 0 spiro atoms. The number of benzene rings is 2. The average Bonchev–Trinajstić information content (AvgIpc) is 3.08. The van der Waals surface area contributed by atoms with Crippen molar-refractivity contribution >= 4 is 16.8 Å². The van der Waals surface area contributed by atoms with Gasteiger partial charge in [-0.15, -0.1) is 0 Å². The molecule has 0 bridgehead atoms. The number of nitrogens with two attached hydrogens (primary N) is 1. The van der Waals surface area contributed by atoms with E-state index >= 15 is 0 Å². The molecule has 1 aliphatic carbocycles. The Balaban J connectivity index is 1.20. The predicted molar refractivity (Wildman–Crippen MR) is 110 cm³/mol. The van der Waals surface area contributed by atoms with E-state index in [9.17, 15) is 13.6 Å². The number of rotatable bonds is 5. The number of ether oxygens (including phenoxy) is 1. The van der Waals surface area contributed by atoms with Gasteiger partial charge in [-0.3, -0.25) is 4.79 Å². The number of primary amides is 1. The zero-order valence-corrected chi connectivity index (χ0v) is 16.4. The van der Waals surface area contributed by atoms with Crippen molar-refractivity contribution < 1.29 is 18.3 Å². The Morgan fingerprint density at radius 3 is 2.83 bits per heavy atom. The van der Waals surface area contributed by atoms with E-state index in [1.165, 1.54) is 18.2 Å². The Morgan fingerprint density at radius 1 is 1.20 bits per heavy atom. The van der Waals surface area contributed by atoms with Gasteiger partial charge in [0.25, 0.3) is 0 Å². The van der Waals surface area contributed by atoms with Crippen LogP contribution < -0.4 is 15.8 Å². The van der Waals surface area contributed by atoms with Gasteiger partial charge in [-0.1, -0.05) is 0 Å². The Bertz CT molecular complexity index is 1120. The molecule has 1 atom stereocenters. The van der Waals surface area contributed by atoms with Crippen LogP contribution in [0.5, 0.6) is 5.75 Å². The van der Waals surface area contributed by atoms with Gasteiger partial charge in [-0.2, -0.15) is 0 Å². The van der Waals surface area contributed by atoms with Crippen molar-refractivity contribution in [1.29, 1.82) is 0 Å². The maximum atomic E-state index is 14.0. The Morgan fingerprint density at radius 2 is 2.03 bits per heavy atom. The van der Waals surface area contributed by atoms with Gasteiger partial charge in [0, 0.05) is 40.3 Å².